The zero-order chi connectivity index (χ0) is 18.8. The van der Waals surface area contributed by atoms with Gasteiger partial charge in [0.2, 0.25) is 5.91 Å². The molecule has 2 N–H and O–H groups in total. The van der Waals surface area contributed by atoms with Gasteiger partial charge in [-0.3, -0.25) is 9.59 Å². The molecule has 2 aromatic carbocycles. The Balaban J connectivity index is 1.82. The average Bonchev–Trinajstić information content (AvgIpc) is 2.97. The molecule has 0 radical (unpaired) electrons. The summed E-state index contributed by atoms with van der Waals surface area (Å²) in [6.45, 7) is 4.24. The Morgan fingerprint density at radius 2 is 1.88 bits per heavy atom. The summed E-state index contributed by atoms with van der Waals surface area (Å²) < 4.78 is 5.66. The maximum absolute atomic E-state index is 12.8. The van der Waals surface area contributed by atoms with Gasteiger partial charge in [0, 0.05) is 10.6 Å². The van der Waals surface area contributed by atoms with E-state index in [0.29, 0.717) is 10.6 Å². The number of benzene rings is 2. The van der Waals surface area contributed by atoms with E-state index in [-0.39, 0.29) is 18.9 Å². The van der Waals surface area contributed by atoms with Crippen molar-refractivity contribution in [2.75, 3.05) is 6.61 Å². The molecule has 0 bridgehead atoms. The number of hydrogen-bond acceptors (Lipinski definition) is 3. The number of amides is 1. The van der Waals surface area contributed by atoms with Crippen LogP contribution in [0.4, 0.5) is 0 Å². The number of aliphatic carboxylic acids is 1. The van der Waals surface area contributed by atoms with Crippen molar-refractivity contribution in [1.82, 2.24) is 5.32 Å². The quantitative estimate of drug-likeness (QED) is 0.836. The number of aryl methyl sites for hydroxylation is 2. The molecule has 1 aliphatic rings. The van der Waals surface area contributed by atoms with E-state index in [0.717, 1.165) is 22.4 Å². The Kier molecular flexibility index (Phi) is 5.18. The van der Waals surface area contributed by atoms with E-state index in [1.165, 1.54) is 0 Å². The largest absolute Gasteiger partial charge is 0.492 e. The van der Waals surface area contributed by atoms with E-state index in [1.807, 2.05) is 26.0 Å². The summed E-state index contributed by atoms with van der Waals surface area (Å²) in [6, 6.07) is 10.1. The van der Waals surface area contributed by atoms with Crippen LogP contribution in [0.25, 0.3) is 0 Å². The van der Waals surface area contributed by atoms with Gasteiger partial charge in [-0.25, -0.2) is 0 Å². The van der Waals surface area contributed by atoms with E-state index >= 15 is 0 Å². The molecule has 0 saturated carbocycles. The highest BCUT2D eigenvalue weighted by atomic mass is 35.5. The van der Waals surface area contributed by atoms with Crippen molar-refractivity contribution in [3.63, 3.8) is 0 Å². The minimum Gasteiger partial charge on any atom is -0.492 e. The summed E-state index contributed by atoms with van der Waals surface area (Å²) in [6.07, 6.45) is -0.208. The molecule has 1 amide bonds. The molecule has 3 rings (SSSR count). The smallest absolute Gasteiger partial charge is 0.305 e. The number of nitrogens with one attached hydrogen (secondary N) is 1. The molecular weight excluding hydrogens is 354 g/mol. The third kappa shape index (κ3) is 3.83. The molecule has 26 heavy (non-hydrogen) atoms. The molecular formula is C20H20ClNO4. The van der Waals surface area contributed by atoms with Crippen LogP contribution in [0.3, 0.4) is 0 Å². The molecule has 1 heterocycles. The van der Waals surface area contributed by atoms with Crippen molar-refractivity contribution in [1.29, 1.82) is 0 Å². The number of carboxylic acids is 1. The van der Waals surface area contributed by atoms with Crippen LogP contribution in [0.5, 0.6) is 5.75 Å². The van der Waals surface area contributed by atoms with Gasteiger partial charge in [0.1, 0.15) is 18.3 Å². The number of halogens is 1. The first-order chi connectivity index (χ1) is 12.3. The van der Waals surface area contributed by atoms with E-state index in [2.05, 4.69) is 5.32 Å². The lowest BCUT2D eigenvalue weighted by molar-refractivity contribution is -0.137. The molecule has 1 unspecified atom stereocenters. The van der Waals surface area contributed by atoms with E-state index < -0.39 is 17.9 Å². The maximum atomic E-state index is 12.8. The van der Waals surface area contributed by atoms with Crippen LogP contribution in [-0.2, 0) is 9.59 Å². The highest BCUT2D eigenvalue weighted by molar-refractivity contribution is 6.30. The van der Waals surface area contributed by atoms with Crippen LogP contribution >= 0.6 is 11.6 Å². The second kappa shape index (κ2) is 7.38. The lowest BCUT2D eigenvalue weighted by atomic mass is 9.95. The fourth-order valence-corrected chi connectivity index (χ4v) is 3.21. The van der Waals surface area contributed by atoms with Crippen LogP contribution in [-0.4, -0.2) is 23.6 Å². The van der Waals surface area contributed by atoms with E-state index in [9.17, 15) is 14.7 Å². The molecule has 5 nitrogen and oxygen atoms in total. The van der Waals surface area contributed by atoms with Gasteiger partial charge >= 0.3 is 5.97 Å². The lowest BCUT2D eigenvalue weighted by Crippen LogP contribution is -2.34. The minimum atomic E-state index is -0.986. The number of carbonyl (C=O) groups is 2. The Morgan fingerprint density at radius 1 is 1.23 bits per heavy atom. The Hall–Kier alpha value is -2.53. The summed E-state index contributed by atoms with van der Waals surface area (Å²) in [4.78, 5) is 24.1. The van der Waals surface area contributed by atoms with Crippen LogP contribution in [0, 0.1) is 13.8 Å². The second-order valence-corrected chi connectivity index (χ2v) is 6.98. The highest BCUT2D eigenvalue weighted by Crippen LogP contribution is 2.36. The summed E-state index contributed by atoms with van der Waals surface area (Å²) in [7, 11) is 0. The first-order valence-corrected chi connectivity index (χ1v) is 8.74. The Labute approximate surface area is 156 Å². The predicted octanol–water partition coefficient (Wildman–Crippen LogP) is 3.77. The number of ether oxygens (including phenoxy) is 1. The number of fused-ring (bicyclic) bond motifs is 1. The summed E-state index contributed by atoms with van der Waals surface area (Å²) in [5.74, 6) is -0.963. The molecule has 136 valence electrons. The Bertz CT molecular complexity index is 848. The van der Waals surface area contributed by atoms with Gasteiger partial charge in [-0.05, 0) is 48.7 Å². The zero-order valence-electron chi connectivity index (χ0n) is 14.6. The van der Waals surface area contributed by atoms with Gasteiger partial charge in [-0.15, -0.1) is 0 Å². The fraction of sp³-hybridized carbons (Fsp3) is 0.300. The second-order valence-electron chi connectivity index (χ2n) is 6.55. The molecule has 0 spiro atoms. The van der Waals surface area contributed by atoms with Crippen molar-refractivity contribution in [3.05, 3.63) is 63.7 Å². The van der Waals surface area contributed by atoms with Crippen molar-refractivity contribution in [3.8, 4) is 5.75 Å². The van der Waals surface area contributed by atoms with Gasteiger partial charge < -0.3 is 15.2 Å². The van der Waals surface area contributed by atoms with Crippen molar-refractivity contribution < 1.29 is 19.4 Å². The summed E-state index contributed by atoms with van der Waals surface area (Å²) in [5.41, 5.74) is 3.74. The Morgan fingerprint density at radius 3 is 2.54 bits per heavy atom. The van der Waals surface area contributed by atoms with E-state index in [1.54, 1.807) is 24.3 Å². The van der Waals surface area contributed by atoms with Gasteiger partial charge in [0.05, 0.1) is 12.5 Å². The average molecular weight is 374 g/mol. The molecule has 0 aromatic heterocycles. The van der Waals surface area contributed by atoms with E-state index in [4.69, 9.17) is 16.3 Å². The molecule has 0 fully saturated rings. The molecule has 2 aromatic rings. The van der Waals surface area contributed by atoms with Gasteiger partial charge in [0.15, 0.2) is 0 Å². The number of hydrogen-bond donors (Lipinski definition) is 2. The highest BCUT2D eigenvalue weighted by Gasteiger charge is 2.32. The SMILES string of the molecule is Cc1cc2c(cc1C)C(C(=O)N[C@@H](CC(=O)O)c1ccc(Cl)cc1)CO2. The van der Waals surface area contributed by atoms with Gasteiger partial charge in [-0.2, -0.15) is 0 Å². The minimum absolute atomic E-state index is 0.208. The predicted molar refractivity (Wildman–Crippen MR) is 98.7 cm³/mol. The van der Waals surface area contributed by atoms with Crippen molar-refractivity contribution in [2.24, 2.45) is 0 Å². The van der Waals surface area contributed by atoms with Crippen LogP contribution in [0.1, 0.15) is 40.6 Å². The monoisotopic (exact) mass is 373 g/mol. The first kappa shape index (κ1) is 18.3. The normalized spacial score (nSPS) is 16.5. The molecule has 0 saturated heterocycles. The third-order valence-electron chi connectivity index (χ3n) is 4.69. The van der Waals surface area contributed by atoms with Crippen molar-refractivity contribution >= 4 is 23.5 Å². The van der Waals surface area contributed by atoms with Crippen molar-refractivity contribution in [2.45, 2.75) is 32.2 Å². The number of carbonyl (C=O) groups excluding carboxylic acids is 1. The maximum Gasteiger partial charge on any atom is 0.305 e. The summed E-state index contributed by atoms with van der Waals surface area (Å²) >= 11 is 5.90. The molecule has 1 aliphatic heterocycles. The fourth-order valence-electron chi connectivity index (χ4n) is 3.08. The lowest BCUT2D eigenvalue weighted by Gasteiger charge is -2.20. The van der Waals surface area contributed by atoms with Crippen LogP contribution in [0.15, 0.2) is 36.4 Å². The van der Waals surface area contributed by atoms with Crippen LogP contribution < -0.4 is 10.1 Å². The molecule has 2 atom stereocenters. The third-order valence-corrected chi connectivity index (χ3v) is 4.94. The topological polar surface area (TPSA) is 75.6 Å². The van der Waals surface area contributed by atoms with Crippen LogP contribution in [0.2, 0.25) is 5.02 Å². The molecule has 0 aliphatic carbocycles. The summed E-state index contributed by atoms with van der Waals surface area (Å²) in [5, 5.41) is 12.6. The zero-order valence-corrected chi connectivity index (χ0v) is 15.3. The van der Waals surface area contributed by atoms with Gasteiger partial charge in [0.25, 0.3) is 0 Å². The standard InChI is InChI=1S/C20H20ClNO4/c1-11-7-15-16(10-26-18(15)8-12(11)2)20(25)22-17(9-19(23)24)13-3-5-14(21)6-4-13/h3-8,16-17H,9-10H2,1-2H3,(H,22,25)(H,23,24)/t16?,17-/m0/s1. The molecule has 6 heteroatoms. The number of carboxylic acid groups (broad SMARTS) is 1. The first-order valence-electron chi connectivity index (χ1n) is 8.36. The van der Waals surface area contributed by atoms with Gasteiger partial charge in [-0.1, -0.05) is 29.8 Å². The number of rotatable bonds is 5.